The zero-order valence-electron chi connectivity index (χ0n) is 19.2. The smallest absolute Gasteiger partial charge is 0.126 e. The van der Waals surface area contributed by atoms with Gasteiger partial charge in [0.2, 0.25) is 0 Å². The second kappa shape index (κ2) is 11.4. The highest BCUT2D eigenvalue weighted by Crippen LogP contribution is 2.34. The summed E-state index contributed by atoms with van der Waals surface area (Å²) in [6.45, 7) is 0.448. The summed E-state index contributed by atoms with van der Waals surface area (Å²) < 4.78 is 0. The molecular formula is C27H31Cl2N3O2. The van der Waals surface area contributed by atoms with Crippen LogP contribution in [0, 0.1) is 17.2 Å². The Morgan fingerprint density at radius 1 is 0.735 bits per heavy atom. The van der Waals surface area contributed by atoms with Crippen LogP contribution in [0.4, 0.5) is 0 Å². The van der Waals surface area contributed by atoms with Crippen LogP contribution < -0.4 is 0 Å². The summed E-state index contributed by atoms with van der Waals surface area (Å²) in [4.78, 5) is 9.59. The van der Waals surface area contributed by atoms with Crippen molar-refractivity contribution in [2.75, 3.05) is 13.1 Å². The highest BCUT2D eigenvalue weighted by Gasteiger charge is 2.25. The third kappa shape index (κ3) is 6.00. The zero-order chi connectivity index (χ0) is 24.1. The number of halogens is 2. The molecule has 4 rings (SSSR count). The van der Waals surface area contributed by atoms with E-state index in [4.69, 9.17) is 38.6 Å². The van der Waals surface area contributed by atoms with E-state index in [-0.39, 0.29) is 36.4 Å². The van der Waals surface area contributed by atoms with Gasteiger partial charge < -0.3 is 15.6 Å². The Balaban J connectivity index is 1.54. The third-order valence-electron chi connectivity index (χ3n) is 6.84. The van der Waals surface area contributed by atoms with Gasteiger partial charge in [-0.1, -0.05) is 48.9 Å². The summed E-state index contributed by atoms with van der Waals surface area (Å²) in [6.07, 6.45) is 8.73. The summed E-state index contributed by atoms with van der Waals surface area (Å²) in [6, 6.07) is 10.3. The lowest BCUT2D eigenvalue weighted by Gasteiger charge is -2.17. The molecule has 0 spiro atoms. The van der Waals surface area contributed by atoms with Gasteiger partial charge in [0.15, 0.2) is 0 Å². The molecule has 2 saturated carbocycles. The first-order valence-corrected chi connectivity index (χ1v) is 12.8. The van der Waals surface area contributed by atoms with Crippen LogP contribution in [0.5, 0.6) is 11.5 Å². The minimum absolute atomic E-state index is 0.129. The van der Waals surface area contributed by atoms with Crippen LogP contribution in [0.3, 0.4) is 0 Å². The summed E-state index contributed by atoms with van der Waals surface area (Å²) in [5, 5.41) is 30.5. The van der Waals surface area contributed by atoms with Crippen LogP contribution in [0.15, 0.2) is 46.4 Å². The van der Waals surface area contributed by atoms with Gasteiger partial charge in [0.25, 0.3) is 0 Å². The lowest BCUT2D eigenvalue weighted by atomic mass is 9.94. The first-order chi connectivity index (χ1) is 16.4. The van der Waals surface area contributed by atoms with Crippen molar-refractivity contribution in [1.82, 2.24) is 0 Å². The van der Waals surface area contributed by atoms with Crippen LogP contribution >= 0.6 is 23.2 Å². The molecule has 0 saturated heterocycles. The van der Waals surface area contributed by atoms with Gasteiger partial charge in [0.05, 0.1) is 18.8 Å². The van der Waals surface area contributed by atoms with Crippen molar-refractivity contribution >= 4 is 40.3 Å². The third-order valence-corrected chi connectivity index (χ3v) is 7.31. The summed E-state index contributed by atoms with van der Waals surface area (Å²) in [5.41, 5.74) is 3.50. The Kier molecular flexibility index (Phi) is 8.28. The largest absolute Gasteiger partial charge is 0.507 e. The Bertz CT molecular complexity index is 1020. The van der Waals surface area contributed by atoms with Crippen molar-refractivity contribution < 1.29 is 10.2 Å². The van der Waals surface area contributed by atoms with Gasteiger partial charge >= 0.3 is 0 Å². The van der Waals surface area contributed by atoms with Gasteiger partial charge in [-0.15, -0.1) is 0 Å². The number of benzene rings is 2. The number of rotatable bonds is 8. The molecule has 2 aromatic rings. The quantitative estimate of drug-likeness (QED) is 0.338. The Labute approximate surface area is 211 Å². The van der Waals surface area contributed by atoms with Gasteiger partial charge in [-0.05, 0) is 62.1 Å². The van der Waals surface area contributed by atoms with Gasteiger partial charge in [0.1, 0.15) is 11.5 Å². The van der Waals surface area contributed by atoms with E-state index in [0.717, 1.165) is 62.8 Å². The highest BCUT2D eigenvalue weighted by atomic mass is 35.5. The normalized spacial score (nSPS) is 18.1. The molecule has 0 heterocycles. The Hall–Kier alpha value is -2.37. The number of aromatic hydroxyl groups is 2. The molecule has 0 atom stereocenters. The molecule has 7 heteroatoms. The second-order valence-electron chi connectivity index (χ2n) is 9.29. The standard InChI is InChI=1S/C27H31Cl2N3O2/c28-19-9-11-22(24(33)13-19)26(17-5-1-2-6-17)31-15-21(30)16-32-27(18-7-3-4-8-18)23-12-10-20(29)14-25(23)34/h9-14,17-18,30,33-34H,1-8,15-16H2. The molecule has 3 N–H and O–H groups in total. The Morgan fingerprint density at radius 3 is 1.47 bits per heavy atom. The van der Waals surface area contributed by atoms with Crippen molar-refractivity contribution in [1.29, 1.82) is 5.41 Å². The van der Waals surface area contributed by atoms with Crippen molar-refractivity contribution in [3.8, 4) is 11.5 Å². The average molecular weight is 500 g/mol. The fourth-order valence-electron chi connectivity index (χ4n) is 5.12. The van der Waals surface area contributed by atoms with Crippen LogP contribution in [0.1, 0.15) is 62.5 Å². The highest BCUT2D eigenvalue weighted by molar-refractivity contribution is 6.31. The van der Waals surface area contributed by atoms with E-state index in [1.54, 1.807) is 24.3 Å². The number of nitrogens with one attached hydrogen (secondary N) is 1. The van der Waals surface area contributed by atoms with Crippen LogP contribution in [-0.4, -0.2) is 40.4 Å². The zero-order valence-corrected chi connectivity index (χ0v) is 20.7. The van der Waals surface area contributed by atoms with Gasteiger partial charge in [-0.25, -0.2) is 0 Å². The van der Waals surface area contributed by atoms with Gasteiger partial charge in [0, 0.05) is 44.4 Å². The first-order valence-electron chi connectivity index (χ1n) is 12.0. The number of phenols is 2. The Morgan fingerprint density at radius 2 is 1.12 bits per heavy atom. The molecular weight excluding hydrogens is 469 g/mol. The SMILES string of the molecule is N=C(CN=C(c1ccc(Cl)cc1O)C1CCCC1)CN=C(c1ccc(Cl)cc1O)C1CCCC1. The van der Waals surface area contributed by atoms with Crippen LogP contribution in [0.25, 0.3) is 0 Å². The molecule has 34 heavy (non-hydrogen) atoms. The molecule has 0 radical (unpaired) electrons. The maximum Gasteiger partial charge on any atom is 0.126 e. The summed E-state index contributed by atoms with van der Waals surface area (Å²) in [7, 11) is 0. The maximum absolute atomic E-state index is 10.5. The van der Waals surface area contributed by atoms with E-state index in [0.29, 0.717) is 26.9 Å². The lowest BCUT2D eigenvalue weighted by molar-refractivity contribution is 0.473. The van der Waals surface area contributed by atoms with Gasteiger partial charge in [-0.3, -0.25) is 9.98 Å². The fourth-order valence-corrected chi connectivity index (χ4v) is 5.45. The van der Waals surface area contributed by atoms with Crippen molar-refractivity contribution in [2.24, 2.45) is 21.8 Å². The molecule has 0 aromatic heterocycles. The number of hydrogen-bond donors (Lipinski definition) is 3. The predicted molar refractivity (Wildman–Crippen MR) is 141 cm³/mol. The molecule has 2 aromatic carbocycles. The molecule has 0 amide bonds. The van der Waals surface area contributed by atoms with E-state index < -0.39 is 0 Å². The van der Waals surface area contributed by atoms with Crippen molar-refractivity contribution in [3.63, 3.8) is 0 Å². The number of aliphatic imine (C=N–C) groups is 2. The topological polar surface area (TPSA) is 89.0 Å². The molecule has 2 fully saturated rings. The molecule has 2 aliphatic carbocycles. The van der Waals surface area contributed by atoms with E-state index in [9.17, 15) is 10.2 Å². The summed E-state index contributed by atoms with van der Waals surface area (Å²) in [5.74, 6) is 0.820. The number of phenolic OH excluding ortho intramolecular Hbond substituents is 2. The second-order valence-corrected chi connectivity index (χ2v) is 10.2. The van der Waals surface area contributed by atoms with Crippen molar-refractivity contribution in [3.05, 3.63) is 57.6 Å². The van der Waals surface area contributed by atoms with Crippen molar-refractivity contribution in [2.45, 2.75) is 51.4 Å². The monoisotopic (exact) mass is 499 g/mol. The van der Waals surface area contributed by atoms with E-state index >= 15 is 0 Å². The molecule has 0 unspecified atom stereocenters. The van der Waals surface area contributed by atoms with Crippen LogP contribution in [0.2, 0.25) is 10.0 Å². The number of nitrogens with zero attached hydrogens (tertiary/aromatic N) is 2. The first kappa shape index (κ1) is 24.7. The minimum Gasteiger partial charge on any atom is -0.507 e. The molecule has 0 bridgehead atoms. The predicted octanol–water partition coefficient (Wildman–Crippen LogP) is 7.08. The van der Waals surface area contributed by atoms with E-state index in [1.165, 1.54) is 0 Å². The fraction of sp³-hybridized carbons (Fsp3) is 0.444. The molecule has 0 aliphatic heterocycles. The maximum atomic E-state index is 10.5. The van der Waals surface area contributed by atoms with E-state index in [2.05, 4.69) is 0 Å². The molecule has 5 nitrogen and oxygen atoms in total. The lowest BCUT2D eigenvalue weighted by Crippen LogP contribution is -2.18. The van der Waals surface area contributed by atoms with Gasteiger partial charge in [-0.2, -0.15) is 0 Å². The number of hydrogen-bond acceptors (Lipinski definition) is 5. The minimum atomic E-state index is 0.129. The van der Waals surface area contributed by atoms with Crippen LogP contribution in [-0.2, 0) is 0 Å². The molecule has 2 aliphatic rings. The molecule has 180 valence electrons. The average Bonchev–Trinajstić information content (AvgIpc) is 3.51. The summed E-state index contributed by atoms with van der Waals surface area (Å²) >= 11 is 12.1. The van der Waals surface area contributed by atoms with E-state index in [1.807, 2.05) is 12.1 Å².